The number of nitrogens with one attached hydrogen (secondary N) is 1. The summed E-state index contributed by atoms with van der Waals surface area (Å²) >= 11 is 0. The van der Waals surface area contributed by atoms with Crippen molar-refractivity contribution >= 4 is 5.91 Å². The van der Waals surface area contributed by atoms with E-state index in [1.54, 1.807) is 14.2 Å². The minimum absolute atomic E-state index is 0.0784. The van der Waals surface area contributed by atoms with Crippen LogP contribution in [-0.4, -0.2) is 20.1 Å². The summed E-state index contributed by atoms with van der Waals surface area (Å²) in [5, 5.41) is 3.07. The second-order valence-corrected chi connectivity index (χ2v) is 6.53. The molecule has 0 radical (unpaired) electrons. The molecule has 1 N–H and O–H groups in total. The Balaban J connectivity index is 2.23. The van der Waals surface area contributed by atoms with Gasteiger partial charge in [0, 0.05) is 5.56 Å². The van der Waals surface area contributed by atoms with Gasteiger partial charge < -0.3 is 14.8 Å². The Hall–Kier alpha value is -2.49. The highest BCUT2D eigenvalue weighted by molar-refractivity contribution is 5.96. The Morgan fingerprint density at radius 3 is 2.16 bits per heavy atom. The number of methoxy groups -OCH3 is 2. The number of hydrogen-bond donors (Lipinski definition) is 1. The van der Waals surface area contributed by atoms with Gasteiger partial charge in [0.05, 0.1) is 20.3 Å². The van der Waals surface area contributed by atoms with E-state index in [9.17, 15) is 4.79 Å². The quantitative estimate of drug-likeness (QED) is 0.833. The lowest BCUT2D eigenvalue weighted by molar-refractivity contribution is 0.0939. The smallest absolute Gasteiger partial charge is 0.252 e. The monoisotopic (exact) mass is 341 g/mol. The lowest BCUT2D eigenvalue weighted by Gasteiger charge is -2.18. The van der Waals surface area contributed by atoms with Gasteiger partial charge in [-0.1, -0.05) is 26.0 Å². The molecule has 1 atom stereocenters. The van der Waals surface area contributed by atoms with Gasteiger partial charge in [-0.05, 0) is 60.7 Å². The standard InChI is InChI=1S/C21H27NO3/c1-13(2)18-12-19(14(3)11-20(18)25-6)21(23)22-15(4)16-7-9-17(24-5)10-8-16/h7-13,15H,1-6H3,(H,22,23)/t15-/m1/s1. The molecule has 0 aliphatic rings. The van der Waals surface area contributed by atoms with E-state index >= 15 is 0 Å². The van der Waals surface area contributed by atoms with E-state index in [0.717, 1.165) is 28.2 Å². The molecule has 0 bridgehead atoms. The van der Waals surface area contributed by atoms with Gasteiger partial charge in [-0.3, -0.25) is 4.79 Å². The molecule has 25 heavy (non-hydrogen) atoms. The molecule has 1 amide bonds. The van der Waals surface area contributed by atoms with E-state index in [2.05, 4.69) is 19.2 Å². The van der Waals surface area contributed by atoms with Gasteiger partial charge in [0.25, 0.3) is 5.91 Å². The largest absolute Gasteiger partial charge is 0.497 e. The van der Waals surface area contributed by atoms with Crippen LogP contribution in [0.25, 0.3) is 0 Å². The van der Waals surface area contributed by atoms with Gasteiger partial charge in [0.2, 0.25) is 0 Å². The maximum absolute atomic E-state index is 12.8. The Labute approximate surface area is 150 Å². The van der Waals surface area contributed by atoms with Gasteiger partial charge >= 0.3 is 0 Å². The summed E-state index contributed by atoms with van der Waals surface area (Å²) in [6.07, 6.45) is 0. The van der Waals surface area contributed by atoms with Gasteiger partial charge in [-0.25, -0.2) is 0 Å². The summed E-state index contributed by atoms with van der Waals surface area (Å²) in [5.74, 6) is 1.83. The third-order valence-corrected chi connectivity index (χ3v) is 4.41. The zero-order valence-corrected chi connectivity index (χ0v) is 15.8. The molecule has 0 aliphatic carbocycles. The molecule has 2 aromatic rings. The molecule has 0 unspecified atom stereocenters. The number of rotatable bonds is 6. The molecule has 0 spiro atoms. The van der Waals surface area contributed by atoms with Crippen molar-refractivity contribution in [2.24, 2.45) is 0 Å². The molecule has 0 saturated carbocycles. The van der Waals surface area contributed by atoms with Crippen LogP contribution in [0.5, 0.6) is 11.5 Å². The lowest BCUT2D eigenvalue weighted by atomic mass is 9.95. The second-order valence-electron chi connectivity index (χ2n) is 6.53. The molecule has 134 valence electrons. The van der Waals surface area contributed by atoms with Crippen LogP contribution in [0.1, 0.15) is 59.8 Å². The number of carbonyl (C=O) groups excluding carboxylic acids is 1. The topological polar surface area (TPSA) is 47.6 Å². The third-order valence-electron chi connectivity index (χ3n) is 4.41. The van der Waals surface area contributed by atoms with Crippen molar-refractivity contribution in [3.05, 3.63) is 58.7 Å². The molecular weight excluding hydrogens is 314 g/mol. The second kappa shape index (κ2) is 8.06. The van der Waals surface area contributed by atoms with Crippen molar-refractivity contribution in [1.82, 2.24) is 5.32 Å². The number of amides is 1. The normalized spacial score (nSPS) is 12.0. The summed E-state index contributed by atoms with van der Waals surface area (Å²) in [5.41, 5.74) is 3.66. The summed E-state index contributed by atoms with van der Waals surface area (Å²) in [6.45, 7) is 8.09. The van der Waals surface area contributed by atoms with Gasteiger partial charge in [-0.15, -0.1) is 0 Å². The minimum atomic E-state index is -0.0950. The maximum Gasteiger partial charge on any atom is 0.252 e. The van der Waals surface area contributed by atoms with Crippen LogP contribution in [0.4, 0.5) is 0 Å². The highest BCUT2D eigenvalue weighted by atomic mass is 16.5. The first-order valence-electron chi connectivity index (χ1n) is 8.50. The molecule has 0 aromatic heterocycles. The van der Waals surface area contributed by atoms with Crippen LogP contribution in [0.2, 0.25) is 0 Å². The Morgan fingerprint density at radius 2 is 1.64 bits per heavy atom. The molecule has 0 fully saturated rings. The molecular formula is C21H27NO3. The predicted octanol–water partition coefficient (Wildman–Crippen LogP) is 4.63. The fourth-order valence-corrected chi connectivity index (χ4v) is 2.82. The molecule has 0 saturated heterocycles. The van der Waals surface area contributed by atoms with Crippen LogP contribution in [0.15, 0.2) is 36.4 Å². The van der Waals surface area contributed by atoms with E-state index in [1.165, 1.54) is 0 Å². The first-order valence-corrected chi connectivity index (χ1v) is 8.50. The predicted molar refractivity (Wildman–Crippen MR) is 101 cm³/mol. The van der Waals surface area contributed by atoms with E-state index in [4.69, 9.17) is 9.47 Å². The van der Waals surface area contributed by atoms with Crippen molar-refractivity contribution in [3.8, 4) is 11.5 Å². The molecule has 0 heterocycles. The van der Waals surface area contributed by atoms with E-state index in [1.807, 2.05) is 50.2 Å². The zero-order valence-electron chi connectivity index (χ0n) is 15.8. The SMILES string of the molecule is COc1ccc([C@@H](C)NC(=O)c2cc(C(C)C)c(OC)cc2C)cc1. The van der Waals surface area contributed by atoms with E-state index in [0.29, 0.717) is 5.56 Å². The molecule has 4 nitrogen and oxygen atoms in total. The maximum atomic E-state index is 12.8. The van der Waals surface area contributed by atoms with Crippen molar-refractivity contribution in [3.63, 3.8) is 0 Å². The number of carbonyl (C=O) groups is 1. The fourth-order valence-electron chi connectivity index (χ4n) is 2.82. The van der Waals surface area contributed by atoms with Crippen LogP contribution in [0, 0.1) is 6.92 Å². The van der Waals surface area contributed by atoms with E-state index in [-0.39, 0.29) is 17.9 Å². The van der Waals surface area contributed by atoms with Crippen molar-refractivity contribution in [1.29, 1.82) is 0 Å². The Bertz CT molecular complexity index is 736. The van der Waals surface area contributed by atoms with E-state index < -0.39 is 0 Å². The van der Waals surface area contributed by atoms with Crippen molar-refractivity contribution in [2.75, 3.05) is 14.2 Å². The fraction of sp³-hybridized carbons (Fsp3) is 0.381. The first kappa shape index (κ1) is 18.8. The van der Waals surface area contributed by atoms with Crippen molar-refractivity contribution in [2.45, 2.75) is 39.7 Å². The van der Waals surface area contributed by atoms with Gasteiger partial charge in [0.1, 0.15) is 11.5 Å². The first-order chi connectivity index (χ1) is 11.9. The summed E-state index contributed by atoms with van der Waals surface area (Å²) < 4.78 is 10.6. The van der Waals surface area contributed by atoms with Crippen LogP contribution < -0.4 is 14.8 Å². The lowest BCUT2D eigenvalue weighted by Crippen LogP contribution is -2.27. The summed E-state index contributed by atoms with van der Waals surface area (Å²) in [7, 11) is 3.30. The Kier molecular flexibility index (Phi) is 6.07. The number of aryl methyl sites for hydroxylation is 1. The van der Waals surface area contributed by atoms with Crippen LogP contribution in [-0.2, 0) is 0 Å². The average Bonchev–Trinajstić information content (AvgIpc) is 2.60. The van der Waals surface area contributed by atoms with Crippen LogP contribution >= 0.6 is 0 Å². The number of hydrogen-bond acceptors (Lipinski definition) is 3. The number of ether oxygens (including phenoxy) is 2. The van der Waals surface area contributed by atoms with Crippen LogP contribution in [0.3, 0.4) is 0 Å². The third kappa shape index (κ3) is 4.32. The minimum Gasteiger partial charge on any atom is -0.497 e. The highest BCUT2D eigenvalue weighted by Gasteiger charge is 2.18. The molecule has 2 rings (SSSR count). The highest BCUT2D eigenvalue weighted by Crippen LogP contribution is 2.30. The summed E-state index contributed by atoms with van der Waals surface area (Å²) in [6, 6.07) is 11.5. The number of benzene rings is 2. The summed E-state index contributed by atoms with van der Waals surface area (Å²) in [4.78, 5) is 12.8. The molecule has 0 aliphatic heterocycles. The zero-order chi connectivity index (χ0) is 18.6. The molecule has 4 heteroatoms. The van der Waals surface area contributed by atoms with Crippen molar-refractivity contribution < 1.29 is 14.3 Å². The molecule has 2 aromatic carbocycles. The van der Waals surface area contributed by atoms with Gasteiger partial charge in [-0.2, -0.15) is 0 Å². The average molecular weight is 341 g/mol. The Morgan fingerprint density at radius 1 is 1.00 bits per heavy atom. The van der Waals surface area contributed by atoms with Gasteiger partial charge in [0.15, 0.2) is 0 Å².